The zero-order valence-corrected chi connectivity index (χ0v) is 17.3. The fraction of sp³-hybridized carbons (Fsp3) is 0.240. The zero-order chi connectivity index (χ0) is 21.5. The summed E-state index contributed by atoms with van der Waals surface area (Å²) in [5, 5.41) is 3.37. The van der Waals surface area contributed by atoms with E-state index in [1.54, 1.807) is 23.4 Å². The molecule has 1 aromatic carbocycles. The molecule has 4 rings (SSSR count). The Bertz CT molecular complexity index is 1070. The lowest BCUT2D eigenvalue weighted by atomic mass is 10.1. The van der Waals surface area contributed by atoms with Gasteiger partial charge in [0.2, 0.25) is 6.41 Å². The minimum Gasteiger partial charge on any atom is -0.368 e. The Kier molecular flexibility index (Phi) is 6.67. The van der Waals surface area contributed by atoms with Crippen LogP contribution in [-0.4, -0.2) is 22.9 Å². The molecule has 0 unspecified atom stereocenters. The molecule has 0 spiro atoms. The van der Waals surface area contributed by atoms with Crippen molar-refractivity contribution < 1.29 is 9.18 Å². The van der Waals surface area contributed by atoms with Crippen molar-refractivity contribution in [3.8, 4) is 0 Å². The highest BCUT2D eigenvalue weighted by Gasteiger charge is 2.16. The van der Waals surface area contributed by atoms with Crippen molar-refractivity contribution in [3.63, 3.8) is 0 Å². The quantitative estimate of drug-likeness (QED) is 0.499. The molecule has 5 nitrogen and oxygen atoms in total. The largest absolute Gasteiger partial charge is 0.368 e. The van der Waals surface area contributed by atoms with Crippen LogP contribution >= 0.6 is 0 Å². The lowest BCUT2D eigenvalue weighted by molar-refractivity contribution is -0.107. The highest BCUT2D eigenvalue weighted by atomic mass is 19.1. The van der Waals surface area contributed by atoms with Gasteiger partial charge in [-0.3, -0.25) is 9.78 Å². The molecule has 1 amide bonds. The van der Waals surface area contributed by atoms with Crippen molar-refractivity contribution in [2.75, 3.05) is 16.8 Å². The second kappa shape index (κ2) is 9.98. The summed E-state index contributed by atoms with van der Waals surface area (Å²) >= 11 is 0. The summed E-state index contributed by atoms with van der Waals surface area (Å²) in [6.07, 6.45) is 10.4. The minimum atomic E-state index is -0.241. The van der Waals surface area contributed by atoms with Crippen LogP contribution in [0.4, 0.5) is 15.9 Å². The van der Waals surface area contributed by atoms with E-state index < -0.39 is 0 Å². The number of benzene rings is 1. The second-order valence-corrected chi connectivity index (χ2v) is 7.59. The molecule has 0 saturated heterocycles. The van der Waals surface area contributed by atoms with Crippen LogP contribution in [0.1, 0.15) is 36.1 Å². The van der Waals surface area contributed by atoms with Crippen LogP contribution in [0.15, 0.2) is 67.0 Å². The molecule has 0 saturated carbocycles. The van der Waals surface area contributed by atoms with E-state index in [0.29, 0.717) is 31.0 Å². The van der Waals surface area contributed by atoms with Gasteiger partial charge in [-0.05, 0) is 72.7 Å². The minimum absolute atomic E-state index is 0.241. The highest BCUT2D eigenvalue weighted by molar-refractivity contribution is 5.83. The number of amides is 1. The van der Waals surface area contributed by atoms with E-state index in [1.165, 1.54) is 17.7 Å². The van der Waals surface area contributed by atoms with E-state index in [-0.39, 0.29) is 5.82 Å². The first-order valence-corrected chi connectivity index (χ1v) is 10.5. The molecule has 0 atom stereocenters. The summed E-state index contributed by atoms with van der Waals surface area (Å²) in [7, 11) is 0. The number of rotatable bonds is 9. The third kappa shape index (κ3) is 5.34. The molecule has 2 aromatic heterocycles. The topological polar surface area (TPSA) is 58.1 Å². The summed E-state index contributed by atoms with van der Waals surface area (Å²) in [5.74, 6) is 0.410. The fourth-order valence-corrected chi connectivity index (χ4v) is 3.78. The average Bonchev–Trinajstić information content (AvgIpc) is 3.33. The van der Waals surface area contributed by atoms with Crippen molar-refractivity contribution in [3.05, 3.63) is 89.6 Å². The predicted molar refractivity (Wildman–Crippen MR) is 121 cm³/mol. The molecule has 2 heterocycles. The maximum atomic E-state index is 13.5. The highest BCUT2D eigenvalue weighted by Crippen LogP contribution is 2.31. The van der Waals surface area contributed by atoms with Crippen molar-refractivity contribution in [2.45, 2.75) is 32.2 Å². The first kappa shape index (κ1) is 20.7. The van der Waals surface area contributed by atoms with Crippen molar-refractivity contribution in [1.82, 2.24) is 9.97 Å². The maximum absolute atomic E-state index is 13.5. The van der Waals surface area contributed by atoms with Gasteiger partial charge < -0.3 is 10.2 Å². The van der Waals surface area contributed by atoms with E-state index in [9.17, 15) is 9.18 Å². The smallest absolute Gasteiger partial charge is 0.214 e. The first-order valence-electron chi connectivity index (χ1n) is 10.5. The number of hydrogen-bond donors (Lipinski definition) is 1. The van der Waals surface area contributed by atoms with E-state index in [2.05, 4.69) is 16.4 Å². The van der Waals surface area contributed by atoms with Crippen LogP contribution in [0.25, 0.3) is 5.57 Å². The Morgan fingerprint density at radius 3 is 2.77 bits per heavy atom. The summed E-state index contributed by atoms with van der Waals surface area (Å²) in [5.41, 5.74) is 4.72. The Morgan fingerprint density at radius 1 is 1.13 bits per heavy atom. The molecule has 1 aliphatic rings. The number of anilines is 2. The second-order valence-electron chi connectivity index (χ2n) is 7.59. The summed E-state index contributed by atoms with van der Waals surface area (Å²) in [6, 6.07) is 14.3. The van der Waals surface area contributed by atoms with Gasteiger partial charge in [0.25, 0.3) is 0 Å². The molecule has 3 aromatic rings. The van der Waals surface area contributed by atoms with Gasteiger partial charge in [-0.25, -0.2) is 9.37 Å². The van der Waals surface area contributed by atoms with Crippen molar-refractivity contribution in [2.24, 2.45) is 0 Å². The number of allylic oxidation sites excluding steroid dienone is 2. The van der Waals surface area contributed by atoms with Gasteiger partial charge in [0.05, 0.1) is 17.9 Å². The van der Waals surface area contributed by atoms with Crippen molar-refractivity contribution in [1.29, 1.82) is 0 Å². The van der Waals surface area contributed by atoms with Gasteiger partial charge in [-0.2, -0.15) is 0 Å². The molecule has 1 aliphatic carbocycles. The summed E-state index contributed by atoms with van der Waals surface area (Å²) < 4.78 is 13.5. The van der Waals surface area contributed by atoms with Crippen LogP contribution in [0, 0.1) is 5.82 Å². The summed E-state index contributed by atoms with van der Waals surface area (Å²) in [6.45, 7) is 0.977. The van der Waals surface area contributed by atoms with Gasteiger partial charge in [-0.15, -0.1) is 0 Å². The van der Waals surface area contributed by atoms with Crippen LogP contribution < -0.4 is 10.2 Å². The van der Waals surface area contributed by atoms with Gasteiger partial charge in [-0.1, -0.05) is 24.3 Å². The zero-order valence-electron chi connectivity index (χ0n) is 17.3. The molecular formula is C25H25FN4O. The van der Waals surface area contributed by atoms with Gasteiger partial charge in [0.1, 0.15) is 5.82 Å². The van der Waals surface area contributed by atoms with Crippen LogP contribution in [0.3, 0.4) is 0 Å². The Hall–Kier alpha value is -3.54. The van der Waals surface area contributed by atoms with Crippen LogP contribution in [0.2, 0.25) is 0 Å². The third-order valence-corrected chi connectivity index (χ3v) is 5.35. The number of nitrogens with zero attached hydrogens (tertiary/aromatic N) is 3. The van der Waals surface area contributed by atoms with E-state index in [0.717, 1.165) is 42.5 Å². The number of carbonyl (C=O) groups excluding carboxylic acids is 1. The molecule has 0 fully saturated rings. The van der Waals surface area contributed by atoms with Crippen molar-refractivity contribution >= 4 is 23.5 Å². The van der Waals surface area contributed by atoms with E-state index >= 15 is 0 Å². The number of halogens is 1. The lowest BCUT2D eigenvalue weighted by Gasteiger charge is -2.22. The number of carbonyl (C=O) groups is 1. The molecule has 6 heteroatoms. The number of pyridine rings is 2. The Balaban J connectivity index is 1.57. The third-order valence-electron chi connectivity index (χ3n) is 5.35. The normalized spacial score (nSPS) is 13.0. The maximum Gasteiger partial charge on any atom is 0.214 e. The number of hydrogen-bond acceptors (Lipinski definition) is 4. The Labute approximate surface area is 181 Å². The van der Waals surface area contributed by atoms with Gasteiger partial charge in [0.15, 0.2) is 5.82 Å². The van der Waals surface area contributed by atoms with Crippen LogP contribution in [-0.2, 0) is 17.8 Å². The first-order chi connectivity index (χ1) is 15.2. The standard InChI is InChI=1S/C25H25FN4O/c26-22-9-3-5-19(15-22)12-14-28-25-24(11-10-23(29-25)21-7-1-2-8-21)30(18-31)17-20-6-4-13-27-16-20/h3-7,9-11,13,15-16,18H,1-2,8,12,14,17H2,(H,28,29). The van der Waals surface area contributed by atoms with Gasteiger partial charge in [0, 0.05) is 18.9 Å². The monoisotopic (exact) mass is 416 g/mol. The van der Waals surface area contributed by atoms with E-state index in [1.807, 2.05) is 30.3 Å². The molecule has 31 heavy (non-hydrogen) atoms. The lowest BCUT2D eigenvalue weighted by Crippen LogP contribution is -2.23. The van der Waals surface area contributed by atoms with Gasteiger partial charge >= 0.3 is 0 Å². The number of aromatic nitrogens is 2. The molecular weight excluding hydrogens is 391 g/mol. The average molecular weight is 417 g/mol. The predicted octanol–water partition coefficient (Wildman–Crippen LogP) is 5.00. The molecule has 1 N–H and O–H groups in total. The van der Waals surface area contributed by atoms with Crippen LogP contribution in [0.5, 0.6) is 0 Å². The number of nitrogens with one attached hydrogen (secondary N) is 1. The molecule has 158 valence electrons. The summed E-state index contributed by atoms with van der Waals surface area (Å²) in [4.78, 5) is 22.5. The molecule has 0 radical (unpaired) electrons. The SMILES string of the molecule is O=CN(Cc1cccnc1)c1ccc(C2=CCCC2)nc1NCCc1cccc(F)c1. The Morgan fingerprint density at radius 2 is 2.03 bits per heavy atom. The fourth-order valence-electron chi connectivity index (χ4n) is 3.78. The molecule has 0 aliphatic heterocycles. The van der Waals surface area contributed by atoms with E-state index in [4.69, 9.17) is 4.98 Å². The molecule has 0 bridgehead atoms.